The van der Waals surface area contributed by atoms with Crippen LogP contribution < -0.4 is 5.32 Å². The van der Waals surface area contributed by atoms with E-state index in [0.29, 0.717) is 17.8 Å². The maximum atomic E-state index is 11.9. The summed E-state index contributed by atoms with van der Waals surface area (Å²) in [6.07, 6.45) is 4.59. The number of aliphatic carboxylic acids is 1. The van der Waals surface area contributed by atoms with Crippen LogP contribution in [0.5, 0.6) is 0 Å². The van der Waals surface area contributed by atoms with Crippen molar-refractivity contribution in [3.05, 3.63) is 24.0 Å². The molecule has 0 aromatic carbocycles. The number of anilines is 1. The molecule has 2 rings (SSSR count). The Hall–Kier alpha value is -1.95. The fourth-order valence-corrected chi connectivity index (χ4v) is 2.28. The van der Waals surface area contributed by atoms with E-state index in [1.807, 2.05) is 0 Å². The van der Waals surface area contributed by atoms with Crippen LogP contribution in [0.4, 0.5) is 5.69 Å². The van der Waals surface area contributed by atoms with Gasteiger partial charge >= 0.3 is 5.97 Å². The lowest BCUT2D eigenvalue weighted by Gasteiger charge is -2.39. The van der Waals surface area contributed by atoms with E-state index in [0.717, 1.165) is 19.3 Å². The monoisotopic (exact) mass is 278 g/mol. The molecule has 20 heavy (non-hydrogen) atoms. The number of methoxy groups -OCH3 is 1. The smallest absolute Gasteiger partial charge is 0.309 e. The van der Waals surface area contributed by atoms with E-state index in [1.54, 1.807) is 19.2 Å². The zero-order valence-electron chi connectivity index (χ0n) is 11.4. The molecule has 0 atom stereocenters. The lowest BCUT2D eigenvalue weighted by atomic mass is 9.77. The SMILES string of the molecule is COC1(CC(=O)Nc2ccc(CC(=O)O)nc2)CCC1. The third-order valence-corrected chi connectivity index (χ3v) is 3.62. The molecule has 1 aliphatic rings. The summed E-state index contributed by atoms with van der Waals surface area (Å²) in [5.74, 6) is -1.04. The summed E-state index contributed by atoms with van der Waals surface area (Å²) < 4.78 is 5.40. The third-order valence-electron chi connectivity index (χ3n) is 3.62. The number of ether oxygens (including phenoxy) is 1. The molecule has 0 aliphatic heterocycles. The largest absolute Gasteiger partial charge is 0.481 e. The molecular formula is C14H18N2O4. The zero-order valence-corrected chi connectivity index (χ0v) is 11.4. The molecule has 2 N–H and O–H groups in total. The first-order valence-corrected chi connectivity index (χ1v) is 6.55. The van der Waals surface area contributed by atoms with Gasteiger partial charge in [-0.1, -0.05) is 0 Å². The summed E-state index contributed by atoms with van der Waals surface area (Å²) in [7, 11) is 1.63. The van der Waals surface area contributed by atoms with Crippen molar-refractivity contribution in [1.29, 1.82) is 0 Å². The number of pyridine rings is 1. The van der Waals surface area contributed by atoms with Gasteiger partial charge in [0.2, 0.25) is 5.91 Å². The average molecular weight is 278 g/mol. The van der Waals surface area contributed by atoms with Crippen LogP contribution in [0.25, 0.3) is 0 Å². The number of hydrogen-bond acceptors (Lipinski definition) is 4. The Balaban J connectivity index is 1.89. The number of nitrogens with one attached hydrogen (secondary N) is 1. The molecule has 1 aliphatic carbocycles. The summed E-state index contributed by atoms with van der Waals surface area (Å²) >= 11 is 0. The molecule has 0 spiro atoms. The number of carboxylic acids is 1. The van der Waals surface area contributed by atoms with Gasteiger partial charge < -0.3 is 15.2 Å². The van der Waals surface area contributed by atoms with E-state index in [1.165, 1.54) is 6.20 Å². The summed E-state index contributed by atoms with van der Waals surface area (Å²) in [6.45, 7) is 0. The maximum Gasteiger partial charge on any atom is 0.309 e. The minimum Gasteiger partial charge on any atom is -0.481 e. The van der Waals surface area contributed by atoms with Gasteiger partial charge in [-0.15, -0.1) is 0 Å². The minimum absolute atomic E-state index is 0.112. The van der Waals surface area contributed by atoms with Crippen molar-refractivity contribution in [2.24, 2.45) is 0 Å². The van der Waals surface area contributed by atoms with Gasteiger partial charge in [0.25, 0.3) is 0 Å². The zero-order chi connectivity index (χ0) is 14.6. The van der Waals surface area contributed by atoms with Crippen LogP contribution in [0.2, 0.25) is 0 Å². The molecule has 6 heteroatoms. The molecule has 0 radical (unpaired) electrons. The van der Waals surface area contributed by atoms with Crippen molar-refractivity contribution in [2.45, 2.75) is 37.7 Å². The number of carbonyl (C=O) groups is 2. The molecule has 1 aromatic heterocycles. The molecule has 0 saturated heterocycles. The number of rotatable bonds is 6. The van der Waals surface area contributed by atoms with E-state index in [9.17, 15) is 9.59 Å². The molecule has 6 nitrogen and oxygen atoms in total. The highest BCUT2D eigenvalue weighted by molar-refractivity contribution is 5.91. The highest BCUT2D eigenvalue weighted by Crippen LogP contribution is 2.38. The summed E-state index contributed by atoms with van der Waals surface area (Å²) in [4.78, 5) is 26.5. The van der Waals surface area contributed by atoms with Crippen LogP contribution in [0.1, 0.15) is 31.4 Å². The standard InChI is InChI=1S/C14H18N2O4/c1-20-14(5-2-6-14)8-12(17)16-11-4-3-10(15-9-11)7-13(18)19/h3-4,9H,2,5-8H2,1H3,(H,16,17)(H,18,19). The van der Waals surface area contributed by atoms with E-state index in [4.69, 9.17) is 9.84 Å². The molecule has 1 fully saturated rings. The van der Waals surface area contributed by atoms with Crippen molar-refractivity contribution < 1.29 is 19.4 Å². The summed E-state index contributed by atoms with van der Waals surface area (Å²) in [5.41, 5.74) is 0.721. The van der Waals surface area contributed by atoms with E-state index < -0.39 is 5.97 Å². The quantitative estimate of drug-likeness (QED) is 0.825. The lowest BCUT2D eigenvalue weighted by molar-refractivity contribution is -0.136. The van der Waals surface area contributed by atoms with Crippen LogP contribution in [0, 0.1) is 0 Å². The van der Waals surface area contributed by atoms with E-state index >= 15 is 0 Å². The Morgan fingerprint density at radius 1 is 1.45 bits per heavy atom. The van der Waals surface area contributed by atoms with Gasteiger partial charge in [-0.25, -0.2) is 0 Å². The highest BCUT2D eigenvalue weighted by atomic mass is 16.5. The first-order valence-electron chi connectivity index (χ1n) is 6.55. The Morgan fingerprint density at radius 3 is 2.65 bits per heavy atom. The second kappa shape index (κ2) is 6.00. The fourth-order valence-electron chi connectivity index (χ4n) is 2.28. The van der Waals surface area contributed by atoms with Gasteiger partial charge in [0.15, 0.2) is 0 Å². The van der Waals surface area contributed by atoms with Gasteiger partial charge in [-0.2, -0.15) is 0 Å². The maximum absolute atomic E-state index is 11.9. The fraction of sp³-hybridized carbons (Fsp3) is 0.500. The Morgan fingerprint density at radius 2 is 2.20 bits per heavy atom. The van der Waals surface area contributed by atoms with Crippen LogP contribution in [0.3, 0.4) is 0 Å². The number of hydrogen-bond donors (Lipinski definition) is 2. The number of aromatic nitrogens is 1. The van der Waals surface area contributed by atoms with Crippen LogP contribution in [-0.2, 0) is 20.7 Å². The number of amides is 1. The first kappa shape index (κ1) is 14.5. The van der Waals surface area contributed by atoms with E-state index in [-0.39, 0.29) is 17.9 Å². The van der Waals surface area contributed by atoms with Crippen LogP contribution in [-0.4, -0.2) is 34.7 Å². The normalized spacial score (nSPS) is 16.2. The van der Waals surface area contributed by atoms with Gasteiger partial charge in [-0.3, -0.25) is 14.6 Å². The average Bonchev–Trinajstić information content (AvgIpc) is 2.36. The van der Waals surface area contributed by atoms with E-state index in [2.05, 4.69) is 10.3 Å². The highest BCUT2D eigenvalue weighted by Gasteiger charge is 2.38. The van der Waals surface area contributed by atoms with Gasteiger partial charge in [0, 0.05) is 7.11 Å². The topological polar surface area (TPSA) is 88.5 Å². The molecule has 1 heterocycles. The van der Waals surface area contributed by atoms with Gasteiger partial charge in [0.05, 0.1) is 36.0 Å². The number of nitrogens with zero attached hydrogens (tertiary/aromatic N) is 1. The van der Waals surface area contributed by atoms with Crippen molar-refractivity contribution in [1.82, 2.24) is 4.98 Å². The first-order chi connectivity index (χ1) is 9.53. The third kappa shape index (κ3) is 3.54. The number of carbonyl (C=O) groups excluding carboxylic acids is 1. The summed E-state index contributed by atoms with van der Waals surface area (Å²) in [5, 5.41) is 11.4. The number of carboxylic acid groups (broad SMARTS) is 1. The predicted molar refractivity (Wildman–Crippen MR) is 72.4 cm³/mol. The van der Waals surface area contributed by atoms with Gasteiger partial charge in [0.1, 0.15) is 0 Å². The van der Waals surface area contributed by atoms with Gasteiger partial charge in [-0.05, 0) is 31.4 Å². The second-order valence-corrected chi connectivity index (χ2v) is 5.07. The Labute approximate surface area is 117 Å². The molecule has 0 bridgehead atoms. The summed E-state index contributed by atoms with van der Waals surface area (Å²) in [6, 6.07) is 3.25. The molecule has 1 amide bonds. The molecule has 0 unspecified atom stereocenters. The van der Waals surface area contributed by atoms with Crippen molar-refractivity contribution in [3.8, 4) is 0 Å². The molecule has 108 valence electrons. The minimum atomic E-state index is -0.929. The van der Waals surface area contributed by atoms with Crippen LogP contribution in [0.15, 0.2) is 18.3 Å². The van der Waals surface area contributed by atoms with Crippen molar-refractivity contribution >= 4 is 17.6 Å². The predicted octanol–water partition coefficient (Wildman–Crippen LogP) is 1.61. The Kier molecular flexibility index (Phi) is 4.34. The molecular weight excluding hydrogens is 260 g/mol. The van der Waals surface area contributed by atoms with Crippen LogP contribution >= 0.6 is 0 Å². The molecule has 1 saturated carbocycles. The van der Waals surface area contributed by atoms with Crippen molar-refractivity contribution in [2.75, 3.05) is 12.4 Å². The second-order valence-electron chi connectivity index (χ2n) is 5.07. The van der Waals surface area contributed by atoms with Crippen molar-refractivity contribution in [3.63, 3.8) is 0 Å². The lowest BCUT2D eigenvalue weighted by Crippen LogP contribution is -2.42. The Bertz CT molecular complexity index is 489. The molecule has 1 aromatic rings.